The molecule has 1 heterocycles. The number of carbonyl (C=O) groups excluding carboxylic acids is 1. The lowest BCUT2D eigenvalue weighted by Crippen LogP contribution is -2.11. The summed E-state index contributed by atoms with van der Waals surface area (Å²) >= 11 is 1.54. The lowest BCUT2D eigenvalue weighted by Gasteiger charge is -2.04. The first kappa shape index (κ1) is 16.7. The number of unbranched alkanes of at least 4 members (excludes halogenated alkanes) is 2. The minimum Gasteiger partial charge on any atom is -0.298 e. The molecular weight excluding hydrogens is 292 g/mol. The predicted molar refractivity (Wildman–Crippen MR) is 93.8 cm³/mol. The van der Waals surface area contributed by atoms with E-state index in [1.807, 2.05) is 30.5 Å². The average molecular weight is 316 g/mol. The number of carbonyl (C=O) groups is 1. The van der Waals surface area contributed by atoms with Gasteiger partial charge >= 0.3 is 0 Å². The van der Waals surface area contributed by atoms with E-state index in [1.165, 1.54) is 41.0 Å². The lowest BCUT2D eigenvalue weighted by atomic mass is 10.1. The summed E-state index contributed by atoms with van der Waals surface area (Å²) in [7, 11) is 0. The Morgan fingerprint density at radius 2 is 1.95 bits per heavy atom. The molecule has 1 N–H and O–H groups in total. The summed E-state index contributed by atoms with van der Waals surface area (Å²) in [6.07, 6.45) is 6.61. The standard InChI is InChI=1S/C18H24N2OS/c1-4-5-6-7-14-8-10-15(11-9-14)17(21)20-18-19-12-16(22-18)13(2)3/h8-13H,4-7H2,1-3H3,(H,19,20,21). The van der Waals surface area contributed by atoms with Crippen molar-refractivity contribution < 1.29 is 4.79 Å². The molecule has 1 amide bonds. The zero-order valence-corrected chi connectivity index (χ0v) is 14.4. The molecular formula is C18H24N2OS. The van der Waals surface area contributed by atoms with Crippen LogP contribution in [0, 0.1) is 0 Å². The third-order valence-electron chi connectivity index (χ3n) is 3.60. The van der Waals surface area contributed by atoms with Crippen molar-refractivity contribution in [3.05, 3.63) is 46.5 Å². The number of rotatable bonds is 7. The Morgan fingerprint density at radius 1 is 1.23 bits per heavy atom. The maximum absolute atomic E-state index is 12.2. The molecule has 0 saturated carbocycles. The molecule has 0 aliphatic heterocycles. The van der Waals surface area contributed by atoms with Gasteiger partial charge in [0.05, 0.1) is 0 Å². The largest absolute Gasteiger partial charge is 0.298 e. The molecule has 2 rings (SSSR count). The topological polar surface area (TPSA) is 42.0 Å². The van der Waals surface area contributed by atoms with Gasteiger partial charge < -0.3 is 0 Å². The highest BCUT2D eigenvalue weighted by molar-refractivity contribution is 7.15. The van der Waals surface area contributed by atoms with Crippen molar-refractivity contribution in [2.45, 2.75) is 52.4 Å². The van der Waals surface area contributed by atoms with Crippen molar-refractivity contribution in [2.24, 2.45) is 0 Å². The second-order valence-corrected chi connectivity index (χ2v) is 6.89. The van der Waals surface area contributed by atoms with Crippen LogP contribution < -0.4 is 5.32 Å². The fourth-order valence-electron chi connectivity index (χ4n) is 2.18. The molecule has 118 valence electrons. The fraction of sp³-hybridized carbons (Fsp3) is 0.444. The summed E-state index contributed by atoms with van der Waals surface area (Å²) < 4.78 is 0. The summed E-state index contributed by atoms with van der Waals surface area (Å²) in [4.78, 5) is 17.7. The van der Waals surface area contributed by atoms with E-state index in [0.717, 1.165) is 6.42 Å². The number of hydrogen-bond donors (Lipinski definition) is 1. The van der Waals surface area contributed by atoms with Crippen molar-refractivity contribution in [1.29, 1.82) is 0 Å². The molecule has 0 radical (unpaired) electrons. The van der Waals surface area contributed by atoms with Crippen LogP contribution in [-0.2, 0) is 6.42 Å². The van der Waals surface area contributed by atoms with Crippen LogP contribution in [0.3, 0.4) is 0 Å². The number of benzene rings is 1. The van der Waals surface area contributed by atoms with Crippen LogP contribution in [-0.4, -0.2) is 10.9 Å². The summed E-state index contributed by atoms with van der Waals surface area (Å²) in [5, 5.41) is 3.54. The highest BCUT2D eigenvalue weighted by Gasteiger charge is 2.10. The van der Waals surface area contributed by atoms with Gasteiger partial charge in [0.25, 0.3) is 5.91 Å². The summed E-state index contributed by atoms with van der Waals surface area (Å²) in [6, 6.07) is 7.89. The van der Waals surface area contributed by atoms with Crippen LogP contribution in [0.1, 0.15) is 66.8 Å². The maximum Gasteiger partial charge on any atom is 0.257 e. The van der Waals surface area contributed by atoms with Crippen LogP contribution in [0.4, 0.5) is 5.13 Å². The van der Waals surface area contributed by atoms with Crippen molar-refractivity contribution in [1.82, 2.24) is 4.98 Å². The molecule has 2 aromatic rings. The molecule has 3 nitrogen and oxygen atoms in total. The molecule has 0 atom stereocenters. The normalized spacial score (nSPS) is 10.9. The van der Waals surface area contributed by atoms with Gasteiger partial charge in [0, 0.05) is 16.6 Å². The number of anilines is 1. The molecule has 4 heteroatoms. The Hall–Kier alpha value is -1.68. The fourth-order valence-corrected chi connectivity index (χ4v) is 3.00. The SMILES string of the molecule is CCCCCc1ccc(C(=O)Nc2ncc(C(C)C)s2)cc1. The number of thiazole rings is 1. The number of amides is 1. The van der Waals surface area contributed by atoms with Gasteiger partial charge in [-0.05, 0) is 36.5 Å². The Kier molecular flexibility index (Phi) is 6.13. The van der Waals surface area contributed by atoms with Crippen molar-refractivity contribution >= 4 is 22.4 Å². The van der Waals surface area contributed by atoms with E-state index >= 15 is 0 Å². The van der Waals surface area contributed by atoms with Crippen molar-refractivity contribution in [2.75, 3.05) is 5.32 Å². The van der Waals surface area contributed by atoms with E-state index in [4.69, 9.17) is 0 Å². The van der Waals surface area contributed by atoms with Gasteiger partial charge in [-0.3, -0.25) is 10.1 Å². The molecule has 0 unspecified atom stereocenters. The Labute approximate surface area is 136 Å². The summed E-state index contributed by atoms with van der Waals surface area (Å²) in [6.45, 7) is 6.45. The van der Waals surface area contributed by atoms with Gasteiger partial charge in [-0.1, -0.05) is 45.7 Å². The first-order chi connectivity index (χ1) is 10.6. The molecule has 0 fully saturated rings. The monoisotopic (exact) mass is 316 g/mol. The Bertz CT molecular complexity index is 602. The quantitative estimate of drug-likeness (QED) is 0.709. The Morgan fingerprint density at radius 3 is 2.55 bits per heavy atom. The number of nitrogens with zero attached hydrogens (tertiary/aromatic N) is 1. The number of aryl methyl sites for hydroxylation is 1. The van der Waals surface area contributed by atoms with Gasteiger partial charge in [-0.2, -0.15) is 0 Å². The molecule has 22 heavy (non-hydrogen) atoms. The molecule has 1 aromatic heterocycles. The molecule has 0 spiro atoms. The van der Waals surface area contributed by atoms with E-state index in [9.17, 15) is 4.79 Å². The molecule has 1 aromatic carbocycles. The number of aromatic nitrogens is 1. The highest BCUT2D eigenvalue weighted by atomic mass is 32.1. The summed E-state index contributed by atoms with van der Waals surface area (Å²) in [5.41, 5.74) is 1.97. The molecule has 0 aliphatic rings. The van der Waals surface area contributed by atoms with E-state index in [1.54, 1.807) is 0 Å². The van der Waals surface area contributed by atoms with Crippen molar-refractivity contribution in [3.63, 3.8) is 0 Å². The van der Waals surface area contributed by atoms with Gasteiger partial charge in [-0.25, -0.2) is 4.98 Å². The van der Waals surface area contributed by atoms with Gasteiger partial charge in [0.2, 0.25) is 0 Å². The average Bonchev–Trinajstić information content (AvgIpc) is 2.97. The minimum atomic E-state index is -0.0928. The van der Waals surface area contributed by atoms with E-state index in [-0.39, 0.29) is 5.91 Å². The van der Waals surface area contributed by atoms with E-state index in [0.29, 0.717) is 16.6 Å². The third kappa shape index (κ3) is 4.67. The molecule has 0 bridgehead atoms. The van der Waals surface area contributed by atoms with Gasteiger partial charge in [-0.15, -0.1) is 11.3 Å². The first-order valence-electron chi connectivity index (χ1n) is 7.96. The van der Waals surface area contributed by atoms with E-state index < -0.39 is 0 Å². The maximum atomic E-state index is 12.2. The molecule has 0 aliphatic carbocycles. The second kappa shape index (κ2) is 8.08. The minimum absolute atomic E-state index is 0.0928. The van der Waals surface area contributed by atoms with E-state index in [2.05, 4.69) is 31.1 Å². The predicted octanol–water partition coefficient (Wildman–Crippen LogP) is 5.25. The summed E-state index contributed by atoms with van der Waals surface area (Å²) in [5.74, 6) is 0.343. The Balaban J connectivity index is 1.94. The van der Waals surface area contributed by atoms with Crippen LogP contribution >= 0.6 is 11.3 Å². The van der Waals surface area contributed by atoms with Crippen LogP contribution in [0.2, 0.25) is 0 Å². The van der Waals surface area contributed by atoms with Crippen LogP contribution in [0.5, 0.6) is 0 Å². The molecule has 0 saturated heterocycles. The van der Waals surface area contributed by atoms with Crippen molar-refractivity contribution in [3.8, 4) is 0 Å². The smallest absolute Gasteiger partial charge is 0.257 e. The highest BCUT2D eigenvalue weighted by Crippen LogP contribution is 2.25. The number of hydrogen-bond acceptors (Lipinski definition) is 3. The lowest BCUT2D eigenvalue weighted by molar-refractivity contribution is 0.102. The first-order valence-corrected chi connectivity index (χ1v) is 8.77. The number of nitrogens with one attached hydrogen (secondary N) is 1. The van der Waals surface area contributed by atoms with Crippen LogP contribution in [0.25, 0.3) is 0 Å². The van der Waals surface area contributed by atoms with Crippen LogP contribution in [0.15, 0.2) is 30.5 Å². The van der Waals surface area contributed by atoms with Gasteiger partial charge in [0.15, 0.2) is 5.13 Å². The zero-order chi connectivity index (χ0) is 15.9. The second-order valence-electron chi connectivity index (χ2n) is 5.83. The third-order valence-corrected chi connectivity index (χ3v) is 4.81. The zero-order valence-electron chi connectivity index (χ0n) is 13.6. The van der Waals surface area contributed by atoms with Gasteiger partial charge in [0.1, 0.15) is 0 Å².